The number of halogens is 1. The van der Waals surface area contributed by atoms with Crippen LogP contribution in [0, 0.1) is 10.1 Å². The molecule has 1 fully saturated rings. The predicted molar refractivity (Wildman–Crippen MR) is 102 cm³/mol. The summed E-state index contributed by atoms with van der Waals surface area (Å²) in [6, 6.07) is 11.8. The van der Waals surface area contributed by atoms with Crippen molar-refractivity contribution in [3.05, 3.63) is 68.7 Å². The highest BCUT2D eigenvalue weighted by Gasteiger charge is 2.24. The lowest BCUT2D eigenvalue weighted by Crippen LogP contribution is -2.29. The van der Waals surface area contributed by atoms with Crippen LogP contribution >= 0.6 is 11.6 Å². The first-order chi connectivity index (χ1) is 12.5. The summed E-state index contributed by atoms with van der Waals surface area (Å²) in [7, 11) is 1.68. The van der Waals surface area contributed by atoms with Crippen LogP contribution in [-0.2, 0) is 6.54 Å². The maximum atomic E-state index is 13.0. The van der Waals surface area contributed by atoms with Gasteiger partial charge < -0.3 is 9.80 Å². The molecular formula is C19H20ClN3O3. The summed E-state index contributed by atoms with van der Waals surface area (Å²) in [5, 5.41) is 11.8. The van der Waals surface area contributed by atoms with Gasteiger partial charge >= 0.3 is 0 Å². The molecule has 6 nitrogen and oxygen atoms in total. The van der Waals surface area contributed by atoms with Crippen molar-refractivity contribution >= 4 is 28.9 Å². The first kappa shape index (κ1) is 18.2. The summed E-state index contributed by atoms with van der Waals surface area (Å²) >= 11 is 6.19. The second-order valence-electron chi connectivity index (χ2n) is 6.41. The molecule has 0 N–H and O–H groups in total. The first-order valence-corrected chi connectivity index (χ1v) is 8.87. The van der Waals surface area contributed by atoms with Crippen molar-refractivity contribution < 1.29 is 9.72 Å². The standard InChI is InChI=1S/C19H20ClN3O3/c1-21(13-14-6-2-3-7-17(14)20)19(24)16-12-15(23(25)26)8-9-18(16)22-10-4-5-11-22/h2-3,6-9,12H,4-5,10-11,13H2,1H3. The molecular weight excluding hydrogens is 354 g/mol. The number of carbonyl (C=O) groups excluding carboxylic acids is 1. The molecule has 1 amide bonds. The van der Waals surface area contributed by atoms with Crippen molar-refractivity contribution in [1.82, 2.24) is 4.90 Å². The topological polar surface area (TPSA) is 66.7 Å². The highest BCUT2D eigenvalue weighted by molar-refractivity contribution is 6.31. The molecule has 26 heavy (non-hydrogen) atoms. The molecule has 1 saturated heterocycles. The van der Waals surface area contributed by atoms with Crippen molar-refractivity contribution in [3.8, 4) is 0 Å². The average molecular weight is 374 g/mol. The van der Waals surface area contributed by atoms with Gasteiger partial charge in [-0.05, 0) is 30.5 Å². The maximum absolute atomic E-state index is 13.0. The van der Waals surface area contributed by atoms with E-state index in [9.17, 15) is 14.9 Å². The number of nitro benzene ring substituents is 1. The second kappa shape index (κ2) is 7.74. The normalized spacial score (nSPS) is 13.7. The molecule has 1 heterocycles. The first-order valence-electron chi connectivity index (χ1n) is 8.49. The monoisotopic (exact) mass is 373 g/mol. The Balaban J connectivity index is 1.92. The zero-order valence-corrected chi connectivity index (χ0v) is 15.3. The summed E-state index contributed by atoms with van der Waals surface area (Å²) in [5.74, 6) is -0.254. The molecule has 0 spiro atoms. The Labute approximate surface area is 157 Å². The van der Waals surface area contributed by atoms with Crippen LogP contribution in [0.1, 0.15) is 28.8 Å². The number of non-ortho nitro benzene ring substituents is 1. The fourth-order valence-corrected chi connectivity index (χ4v) is 3.40. The largest absolute Gasteiger partial charge is 0.371 e. The minimum absolute atomic E-state index is 0.0811. The molecule has 7 heteroatoms. The van der Waals surface area contributed by atoms with E-state index in [1.165, 1.54) is 12.1 Å². The Kier molecular flexibility index (Phi) is 5.42. The van der Waals surface area contributed by atoms with E-state index in [4.69, 9.17) is 11.6 Å². The van der Waals surface area contributed by atoms with E-state index >= 15 is 0 Å². The Morgan fingerprint density at radius 1 is 1.23 bits per heavy atom. The zero-order valence-electron chi connectivity index (χ0n) is 14.5. The molecule has 0 saturated carbocycles. The van der Waals surface area contributed by atoms with Gasteiger partial charge in [0, 0.05) is 43.8 Å². The smallest absolute Gasteiger partial charge is 0.270 e. The van der Waals surface area contributed by atoms with Crippen LogP contribution < -0.4 is 4.90 Å². The summed E-state index contributed by atoms with van der Waals surface area (Å²) in [6.07, 6.45) is 2.11. The highest BCUT2D eigenvalue weighted by atomic mass is 35.5. The van der Waals surface area contributed by atoms with Crippen LogP contribution in [0.4, 0.5) is 11.4 Å². The Morgan fingerprint density at radius 3 is 2.58 bits per heavy atom. The summed E-state index contributed by atoms with van der Waals surface area (Å²) in [6.45, 7) is 2.04. The predicted octanol–water partition coefficient (Wildman–Crippen LogP) is 4.12. The van der Waals surface area contributed by atoms with Crippen molar-refractivity contribution in [2.24, 2.45) is 0 Å². The molecule has 136 valence electrons. The van der Waals surface area contributed by atoms with E-state index in [1.54, 1.807) is 24.1 Å². The molecule has 2 aromatic rings. The van der Waals surface area contributed by atoms with E-state index in [-0.39, 0.29) is 11.6 Å². The van der Waals surface area contributed by atoms with Gasteiger partial charge in [-0.2, -0.15) is 0 Å². The maximum Gasteiger partial charge on any atom is 0.270 e. The fraction of sp³-hybridized carbons (Fsp3) is 0.316. The van der Waals surface area contributed by atoms with Crippen LogP contribution in [0.15, 0.2) is 42.5 Å². The molecule has 1 aliphatic heterocycles. The molecule has 0 atom stereocenters. The SMILES string of the molecule is CN(Cc1ccccc1Cl)C(=O)c1cc([N+](=O)[O-])ccc1N1CCCC1. The fourth-order valence-electron chi connectivity index (χ4n) is 3.20. The van der Waals surface area contributed by atoms with Crippen molar-refractivity contribution in [2.45, 2.75) is 19.4 Å². The zero-order chi connectivity index (χ0) is 18.7. The molecule has 3 rings (SSSR count). The van der Waals surface area contributed by atoms with Crippen LogP contribution in [0.5, 0.6) is 0 Å². The van der Waals surface area contributed by atoms with Crippen LogP contribution in [0.2, 0.25) is 5.02 Å². The molecule has 0 unspecified atom stereocenters. The van der Waals surface area contributed by atoms with E-state index in [0.717, 1.165) is 37.2 Å². The van der Waals surface area contributed by atoms with Gasteiger partial charge in [-0.25, -0.2) is 0 Å². The van der Waals surface area contributed by atoms with E-state index in [2.05, 4.69) is 4.90 Å². The lowest BCUT2D eigenvalue weighted by molar-refractivity contribution is -0.384. The number of benzene rings is 2. The van der Waals surface area contributed by atoms with E-state index < -0.39 is 4.92 Å². The number of hydrogen-bond donors (Lipinski definition) is 0. The number of amides is 1. The lowest BCUT2D eigenvalue weighted by Gasteiger charge is -2.24. The van der Waals surface area contributed by atoms with Crippen molar-refractivity contribution in [1.29, 1.82) is 0 Å². The van der Waals surface area contributed by atoms with Gasteiger partial charge in [0.05, 0.1) is 16.2 Å². The number of anilines is 1. The summed E-state index contributed by atoms with van der Waals surface area (Å²) in [4.78, 5) is 27.4. The molecule has 2 aromatic carbocycles. The molecule has 0 aliphatic carbocycles. The minimum atomic E-state index is -0.474. The number of nitro groups is 1. The lowest BCUT2D eigenvalue weighted by atomic mass is 10.1. The van der Waals surface area contributed by atoms with Crippen LogP contribution in [0.25, 0.3) is 0 Å². The van der Waals surface area contributed by atoms with E-state index in [0.29, 0.717) is 17.1 Å². The van der Waals surface area contributed by atoms with Gasteiger partial charge in [0.25, 0.3) is 11.6 Å². The van der Waals surface area contributed by atoms with Gasteiger partial charge in [-0.3, -0.25) is 14.9 Å². The van der Waals surface area contributed by atoms with Crippen molar-refractivity contribution in [2.75, 3.05) is 25.0 Å². The minimum Gasteiger partial charge on any atom is -0.371 e. The molecule has 0 aromatic heterocycles. The number of nitrogens with zero attached hydrogens (tertiary/aromatic N) is 3. The molecule has 1 aliphatic rings. The summed E-state index contributed by atoms with van der Waals surface area (Å²) < 4.78 is 0. The highest BCUT2D eigenvalue weighted by Crippen LogP contribution is 2.29. The van der Waals surface area contributed by atoms with E-state index in [1.807, 2.05) is 18.2 Å². The number of carbonyl (C=O) groups is 1. The number of hydrogen-bond acceptors (Lipinski definition) is 4. The van der Waals surface area contributed by atoms with Gasteiger partial charge in [0.1, 0.15) is 0 Å². The Hall–Kier alpha value is -2.60. The van der Waals surface area contributed by atoms with Gasteiger partial charge in [-0.1, -0.05) is 29.8 Å². The average Bonchev–Trinajstić information content (AvgIpc) is 3.17. The van der Waals surface area contributed by atoms with Gasteiger partial charge in [0.15, 0.2) is 0 Å². The third-order valence-electron chi connectivity index (χ3n) is 4.58. The number of rotatable bonds is 5. The third-order valence-corrected chi connectivity index (χ3v) is 4.95. The van der Waals surface area contributed by atoms with Crippen LogP contribution in [0.3, 0.4) is 0 Å². The van der Waals surface area contributed by atoms with Crippen molar-refractivity contribution in [3.63, 3.8) is 0 Å². The molecule has 0 radical (unpaired) electrons. The summed E-state index contributed by atoms with van der Waals surface area (Å²) in [5.41, 5.74) is 1.86. The quantitative estimate of drug-likeness (QED) is 0.584. The van der Waals surface area contributed by atoms with Crippen LogP contribution in [-0.4, -0.2) is 35.9 Å². The van der Waals surface area contributed by atoms with Gasteiger partial charge in [-0.15, -0.1) is 0 Å². The Bertz CT molecular complexity index is 835. The Morgan fingerprint density at radius 2 is 1.92 bits per heavy atom. The van der Waals surface area contributed by atoms with Gasteiger partial charge in [0.2, 0.25) is 0 Å². The molecule has 0 bridgehead atoms. The third kappa shape index (κ3) is 3.80. The second-order valence-corrected chi connectivity index (χ2v) is 6.81.